The van der Waals surface area contributed by atoms with Crippen LogP contribution in [0.3, 0.4) is 0 Å². The van der Waals surface area contributed by atoms with Crippen molar-refractivity contribution in [3.8, 4) is 0 Å². The van der Waals surface area contributed by atoms with Gasteiger partial charge in [0.2, 0.25) is 0 Å². The van der Waals surface area contributed by atoms with E-state index in [9.17, 15) is 13.2 Å². The summed E-state index contributed by atoms with van der Waals surface area (Å²) in [6.07, 6.45) is -3.66. The van der Waals surface area contributed by atoms with Crippen LogP contribution in [0.5, 0.6) is 0 Å². The Kier molecular flexibility index (Phi) is 6.30. The maximum Gasteiger partial charge on any atom is 0.401 e. The summed E-state index contributed by atoms with van der Waals surface area (Å²) in [5.74, 6) is 0. The van der Waals surface area contributed by atoms with Crippen molar-refractivity contribution in [1.82, 2.24) is 4.90 Å². The fraction of sp³-hybridized carbons (Fsp3) is 0.571. The largest absolute Gasteiger partial charge is 0.401 e. The number of rotatable bonds is 6. The normalized spacial score (nSPS) is 15.4. The smallest absolute Gasteiger partial charge is 0.326 e. The van der Waals surface area contributed by atoms with E-state index in [4.69, 9.17) is 17.3 Å². The Morgan fingerprint density at radius 1 is 1.30 bits per heavy atom. The molecule has 0 aliphatic rings. The summed E-state index contributed by atoms with van der Waals surface area (Å²) in [6, 6.07) is 6.00. The van der Waals surface area contributed by atoms with E-state index in [1.807, 2.05) is 6.92 Å². The lowest BCUT2D eigenvalue weighted by Crippen LogP contribution is -2.44. The van der Waals surface area contributed by atoms with Crippen LogP contribution < -0.4 is 5.73 Å². The SMILES string of the molecule is CCC(N)C(c1cccc(Cl)c1)N(CC)CC(F)(F)F. The molecule has 6 heteroatoms. The lowest BCUT2D eigenvalue weighted by atomic mass is 9.96. The Bertz CT molecular complexity index is 423. The number of likely N-dealkylation sites (N-methyl/N-ethyl adjacent to an activating group) is 1. The van der Waals surface area contributed by atoms with E-state index in [-0.39, 0.29) is 12.6 Å². The summed E-state index contributed by atoms with van der Waals surface area (Å²) >= 11 is 5.94. The Hall–Kier alpha value is -0.780. The van der Waals surface area contributed by atoms with E-state index in [2.05, 4.69) is 0 Å². The van der Waals surface area contributed by atoms with Crippen molar-refractivity contribution < 1.29 is 13.2 Å². The van der Waals surface area contributed by atoms with Gasteiger partial charge in [-0.05, 0) is 30.7 Å². The Morgan fingerprint density at radius 2 is 1.95 bits per heavy atom. The number of benzene rings is 1. The van der Waals surface area contributed by atoms with E-state index < -0.39 is 18.8 Å². The second-order valence-corrected chi connectivity index (χ2v) is 5.19. The summed E-state index contributed by atoms with van der Waals surface area (Å²) in [5.41, 5.74) is 6.76. The van der Waals surface area contributed by atoms with Crippen LogP contribution in [0.4, 0.5) is 13.2 Å². The van der Waals surface area contributed by atoms with Gasteiger partial charge in [-0.1, -0.05) is 37.6 Å². The maximum absolute atomic E-state index is 12.7. The molecule has 1 rings (SSSR count). The number of nitrogens with two attached hydrogens (primary N) is 1. The lowest BCUT2D eigenvalue weighted by molar-refractivity contribution is -0.151. The summed E-state index contributed by atoms with van der Waals surface area (Å²) in [6.45, 7) is 2.86. The zero-order valence-electron chi connectivity index (χ0n) is 11.6. The number of nitrogens with zero attached hydrogens (tertiary/aromatic N) is 1. The minimum atomic E-state index is -4.25. The minimum Gasteiger partial charge on any atom is -0.326 e. The average Bonchev–Trinajstić information content (AvgIpc) is 2.36. The van der Waals surface area contributed by atoms with Crippen molar-refractivity contribution in [1.29, 1.82) is 0 Å². The Labute approximate surface area is 122 Å². The molecule has 2 unspecified atom stereocenters. The van der Waals surface area contributed by atoms with Crippen LogP contribution in [-0.2, 0) is 0 Å². The molecule has 1 aromatic carbocycles. The first-order valence-corrected chi connectivity index (χ1v) is 6.98. The average molecular weight is 309 g/mol. The summed E-state index contributed by atoms with van der Waals surface area (Å²) < 4.78 is 38.1. The Balaban J connectivity index is 3.10. The van der Waals surface area contributed by atoms with Crippen molar-refractivity contribution in [2.45, 2.75) is 38.5 Å². The van der Waals surface area contributed by atoms with Crippen LogP contribution >= 0.6 is 11.6 Å². The van der Waals surface area contributed by atoms with Crippen LogP contribution in [0.1, 0.15) is 31.9 Å². The third kappa shape index (κ3) is 4.96. The molecule has 0 spiro atoms. The first-order chi connectivity index (χ1) is 9.28. The van der Waals surface area contributed by atoms with Crippen molar-refractivity contribution in [2.24, 2.45) is 5.73 Å². The van der Waals surface area contributed by atoms with Crippen LogP contribution in [0.25, 0.3) is 0 Å². The molecule has 0 saturated heterocycles. The van der Waals surface area contributed by atoms with Gasteiger partial charge >= 0.3 is 6.18 Å². The molecule has 2 nitrogen and oxygen atoms in total. The van der Waals surface area contributed by atoms with E-state index >= 15 is 0 Å². The monoisotopic (exact) mass is 308 g/mol. The third-order valence-corrected chi connectivity index (χ3v) is 3.48. The molecule has 2 N–H and O–H groups in total. The van der Waals surface area contributed by atoms with E-state index in [1.165, 1.54) is 4.90 Å². The highest BCUT2D eigenvalue weighted by Gasteiger charge is 2.35. The molecule has 2 atom stereocenters. The van der Waals surface area contributed by atoms with Crippen molar-refractivity contribution in [3.63, 3.8) is 0 Å². The lowest BCUT2D eigenvalue weighted by Gasteiger charge is -2.35. The quantitative estimate of drug-likeness (QED) is 0.860. The van der Waals surface area contributed by atoms with Crippen LogP contribution in [0.2, 0.25) is 5.02 Å². The molecule has 0 heterocycles. The molecule has 0 aromatic heterocycles. The first-order valence-electron chi connectivity index (χ1n) is 6.60. The zero-order chi connectivity index (χ0) is 15.3. The highest BCUT2D eigenvalue weighted by atomic mass is 35.5. The fourth-order valence-electron chi connectivity index (χ4n) is 2.28. The molecule has 0 amide bonds. The maximum atomic E-state index is 12.7. The molecule has 0 aliphatic carbocycles. The van der Waals surface area contributed by atoms with E-state index in [1.54, 1.807) is 31.2 Å². The number of halogens is 4. The van der Waals surface area contributed by atoms with Gasteiger partial charge in [0.15, 0.2) is 0 Å². The molecule has 0 bridgehead atoms. The highest BCUT2D eigenvalue weighted by Crippen LogP contribution is 2.30. The van der Waals surface area contributed by atoms with Crippen molar-refractivity contribution >= 4 is 11.6 Å². The third-order valence-electron chi connectivity index (χ3n) is 3.25. The van der Waals surface area contributed by atoms with Crippen LogP contribution in [0, 0.1) is 0 Å². The van der Waals surface area contributed by atoms with Gasteiger partial charge in [0, 0.05) is 11.1 Å². The van der Waals surface area contributed by atoms with Gasteiger partial charge in [-0.2, -0.15) is 13.2 Å². The summed E-state index contributed by atoms with van der Waals surface area (Å²) in [5, 5.41) is 0.499. The Morgan fingerprint density at radius 3 is 2.40 bits per heavy atom. The van der Waals surface area contributed by atoms with Crippen molar-refractivity contribution in [2.75, 3.05) is 13.1 Å². The van der Waals surface area contributed by atoms with Gasteiger partial charge in [-0.15, -0.1) is 0 Å². The van der Waals surface area contributed by atoms with Crippen molar-refractivity contribution in [3.05, 3.63) is 34.9 Å². The van der Waals surface area contributed by atoms with Gasteiger partial charge in [0.05, 0.1) is 12.6 Å². The minimum absolute atomic E-state index is 0.268. The predicted octanol–water partition coefficient (Wildman–Crippen LogP) is 4.00. The van der Waals surface area contributed by atoms with Gasteiger partial charge < -0.3 is 5.73 Å². The van der Waals surface area contributed by atoms with Gasteiger partial charge in [-0.3, -0.25) is 4.90 Å². The topological polar surface area (TPSA) is 29.3 Å². The highest BCUT2D eigenvalue weighted by molar-refractivity contribution is 6.30. The van der Waals surface area contributed by atoms with E-state index in [0.717, 1.165) is 5.56 Å². The molecule has 0 aliphatic heterocycles. The van der Waals surface area contributed by atoms with Crippen LogP contribution in [0.15, 0.2) is 24.3 Å². The molecular formula is C14H20ClF3N2. The molecule has 20 heavy (non-hydrogen) atoms. The molecule has 0 saturated carbocycles. The molecule has 0 fully saturated rings. The fourth-order valence-corrected chi connectivity index (χ4v) is 2.48. The second-order valence-electron chi connectivity index (χ2n) is 4.75. The number of hydrogen-bond donors (Lipinski definition) is 1. The number of hydrogen-bond acceptors (Lipinski definition) is 2. The number of alkyl halides is 3. The van der Waals surface area contributed by atoms with Crippen LogP contribution in [-0.4, -0.2) is 30.2 Å². The molecule has 114 valence electrons. The zero-order valence-corrected chi connectivity index (χ0v) is 12.4. The van der Waals surface area contributed by atoms with Gasteiger partial charge in [0.1, 0.15) is 0 Å². The molecular weight excluding hydrogens is 289 g/mol. The second kappa shape index (κ2) is 7.29. The summed E-state index contributed by atoms with van der Waals surface area (Å²) in [4.78, 5) is 1.35. The molecule has 0 radical (unpaired) electrons. The van der Waals surface area contributed by atoms with Gasteiger partial charge in [0.25, 0.3) is 0 Å². The summed E-state index contributed by atoms with van der Waals surface area (Å²) in [7, 11) is 0. The van der Waals surface area contributed by atoms with Gasteiger partial charge in [-0.25, -0.2) is 0 Å². The predicted molar refractivity (Wildman–Crippen MR) is 75.8 cm³/mol. The molecule has 1 aromatic rings. The first kappa shape index (κ1) is 17.3. The van der Waals surface area contributed by atoms with E-state index in [0.29, 0.717) is 11.4 Å². The standard InChI is InChI=1S/C14H20ClF3N2/c1-3-12(19)13(10-6-5-7-11(15)8-10)20(4-2)9-14(16,17)18/h5-8,12-13H,3-4,9,19H2,1-2H3.